The highest BCUT2D eigenvalue weighted by Gasteiger charge is 2.39. The van der Waals surface area contributed by atoms with Crippen LogP contribution in [-0.2, 0) is 13.1 Å². The van der Waals surface area contributed by atoms with Crippen LogP contribution in [0, 0.1) is 31.6 Å². The van der Waals surface area contributed by atoms with Gasteiger partial charge in [0.25, 0.3) is 0 Å². The van der Waals surface area contributed by atoms with E-state index < -0.39 is 0 Å². The molecule has 3 nitrogen and oxygen atoms in total. The smallest absolute Gasteiger partial charge is 0.0641 e. The first-order chi connectivity index (χ1) is 8.69. The van der Waals surface area contributed by atoms with Gasteiger partial charge in [-0.2, -0.15) is 5.10 Å². The van der Waals surface area contributed by atoms with E-state index in [-0.39, 0.29) is 0 Å². The number of hydrogen-bond donors (Lipinski definition) is 1. The van der Waals surface area contributed by atoms with Crippen molar-refractivity contribution in [2.45, 2.75) is 52.6 Å². The molecule has 3 rings (SSSR count). The van der Waals surface area contributed by atoms with Crippen molar-refractivity contribution in [1.82, 2.24) is 15.1 Å². The van der Waals surface area contributed by atoms with E-state index in [0.29, 0.717) is 0 Å². The first kappa shape index (κ1) is 12.2. The Morgan fingerprint density at radius 2 is 2.11 bits per heavy atom. The van der Waals surface area contributed by atoms with Crippen LogP contribution in [0.4, 0.5) is 0 Å². The summed E-state index contributed by atoms with van der Waals surface area (Å²) in [4.78, 5) is 0. The van der Waals surface area contributed by atoms with Crippen molar-refractivity contribution in [2.24, 2.45) is 17.8 Å². The molecule has 0 aromatic carbocycles. The van der Waals surface area contributed by atoms with E-state index in [1.165, 1.54) is 42.6 Å². The molecule has 18 heavy (non-hydrogen) atoms. The first-order valence-electron chi connectivity index (χ1n) is 7.36. The molecule has 0 radical (unpaired) electrons. The molecular formula is C15H25N3. The van der Waals surface area contributed by atoms with Gasteiger partial charge in [-0.15, -0.1) is 0 Å². The zero-order chi connectivity index (χ0) is 12.7. The summed E-state index contributed by atoms with van der Waals surface area (Å²) < 4.78 is 2.27. The molecule has 1 heterocycles. The molecule has 1 N–H and O–H groups in total. The summed E-state index contributed by atoms with van der Waals surface area (Å²) in [6.07, 6.45) is 5.90. The molecule has 3 unspecified atom stereocenters. The molecule has 3 heteroatoms. The second kappa shape index (κ2) is 4.69. The number of hydrogen-bond acceptors (Lipinski definition) is 2. The lowest BCUT2D eigenvalue weighted by atomic mass is 9.89. The summed E-state index contributed by atoms with van der Waals surface area (Å²) in [7, 11) is 2.01. The van der Waals surface area contributed by atoms with Gasteiger partial charge in [-0.25, -0.2) is 0 Å². The zero-order valence-electron chi connectivity index (χ0n) is 11.9. The second-order valence-electron chi connectivity index (χ2n) is 6.30. The lowest BCUT2D eigenvalue weighted by Crippen LogP contribution is -2.19. The Bertz CT molecular complexity index is 435. The van der Waals surface area contributed by atoms with Crippen molar-refractivity contribution < 1.29 is 0 Å². The molecule has 1 aromatic heterocycles. The number of nitrogens with zero attached hydrogens (tertiary/aromatic N) is 2. The van der Waals surface area contributed by atoms with Crippen molar-refractivity contribution in [3.63, 3.8) is 0 Å². The summed E-state index contributed by atoms with van der Waals surface area (Å²) in [6.45, 7) is 6.45. The summed E-state index contributed by atoms with van der Waals surface area (Å²) in [5.74, 6) is 2.92. The summed E-state index contributed by atoms with van der Waals surface area (Å²) in [6, 6.07) is 0. The maximum atomic E-state index is 4.75. The molecule has 1 aromatic rings. The molecule has 2 bridgehead atoms. The van der Waals surface area contributed by atoms with Crippen LogP contribution in [0.3, 0.4) is 0 Å². The standard InChI is InChI=1S/C15H25N3/c1-10-15(8-16-3)11(2)18(17-10)9-14-7-12-4-5-13(14)6-12/h12-14,16H,4-9H2,1-3H3. The van der Waals surface area contributed by atoms with Crippen LogP contribution in [0.5, 0.6) is 0 Å². The van der Waals surface area contributed by atoms with Gasteiger partial charge in [-0.3, -0.25) is 4.68 Å². The number of fused-ring (bicyclic) bond motifs is 2. The highest BCUT2D eigenvalue weighted by Crippen LogP contribution is 2.48. The maximum Gasteiger partial charge on any atom is 0.0641 e. The van der Waals surface area contributed by atoms with Crippen LogP contribution in [0.2, 0.25) is 0 Å². The topological polar surface area (TPSA) is 29.9 Å². The van der Waals surface area contributed by atoms with Crippen LogP contribution < -0.4 is 5.32 Å². The highest BCUT2D eigenvalue weighted by molar-refractivity contribution is 5.24. The molecule has 3 atom stereocenters. The third-order valence-corrected chi connectivity index (χ3v) is 5.18. The zero-order valence-corrected chi connectivity index (χ0v) is 11.9. The lowest BCUT2D eigenvalue weighted by molar-refractivity contribution is 0.283. The fraction of sp³-hybridized carbons (Fsp3) is 0.800. The second-order valence-corrected chi connectivity index (χ2v) is 6.30. The van der Waals surface area contributed by atoms with Crippen LogP contribution >= 0.6 is 0 Å². The van der Waals surface area contributed by atoms with Crippen LogP contribution in [-0.4, -0.2) is 16.8 Å². The third-order valence-electron chi connectivity index (χ3n) is 5.18. The predicted octanol–water partition coefficient (Wildman–Crippen LogP) is 2.66. The fourth-order valence-corrected chi connectivity index (χ4v) is 4.17. The number of aromatic nitrogens is 2. The van der Waals surface area contributed by atoms with E-state index in [2.05, 4.69) is 23.8 Å². The molecule has 0 aliphatic heterocycles. The van der Waals surface area contributed by atoms with E-state index in [0.717, 1.165) is 30.8 Å². The van der Waals surface area contributed by atoms with Crippen molar-refractivity contribution in [1.29, 1.82) is 0 Å². The van der Waals surface area contributed by atoms with Gasteiger partial charge in [0.2, 0.25) is 0 Å². The molecule has 0 saturated heterocycles. The predicted molar refractivity (Wildman–Crippen MR) is 73.4 cm³/mol. The number of aryl methyl sites for hydroxylation is 1. The lowest BCUT2D eigenvalue weighted by Gasteiger charge is -2.22. The quantitative estimate of drug-likeness (QED) is 0.886. The Balaban J connectivity index is 1.75. The fourth-order valence-electron chi connectivity index (χ4n) is 4.17. The van der Waals surface area contributed by atoms with Crippen molar-refractivity contribution in [3.05, 3.63) is 17.0 Å². The van der Waals surface area contributed by atoms with Gasteiger partial charge in [0.1, 0.15) is 0 Å². The van der Waals surface area contributed by atoms with E-state index in [1.807, 2.05) is 7.05 Å². The number of rotatable bonds is 4. The molecular weight excluding hydrogens is 222 g/mol. The van der Waals surface area contributed by atoms with Crippen LogP contribution in [0.15, 0.2) is 0 Å². The average molecular weight is 247 g/mol. The van der Waals surface area contributed by atoms with E-state index >= 15 is 0 Å². The average Bonchev–Trinajstić information content (AvgIpc) is 3.01. The van der Waals surface area contributed by atoms with Gasteiger partial charge in [-0.05, 0) is 57.9 Å². The Hall–Kier alpha value is -0.830. The normalized spacial score (nSPS) is 30.3. The Kier molecular flexibility index (Phi) is 3.18. The van der Waals surface area contributed by atoms with Gasteiger partial charge in [-0.1, -0.05) is 6.42 Å². The van der Waals surface area contributed by atoms with Crippen molar-refractivity contribution >= 4 is 0 Å². The Morgan fingerprint density at radius 1 is 1.28 bits per heavy atom. The summed E-state index contributed by atoms with van der Waals surface area (Å²) in [5, 5.41) is 8.00. The van der Waals surface area contributed by atoms with Crippen LogP contribution in [0.1, 0.15) is 42.6 Å². The third kappa shape index (κ3) is 1.99. The monoisotopic (exact) mass is 247 g/mol. The molecule has 100 valence electrons. The largest absolute Gasteiger partial charge is 0.316 e. The van der Waals surface area contributed by atoms with E-state index in [9.17, 15) is 0 Å². The van der Waals surface area contributed by atoms with Gasteiger partial charge in [0, 0.05) is 24.3 Å². The molecule has 2 saturated carbocycles. The Labute approximate surface area is 110 Å². The minimum atomic E-state index is 0.893. The Morgan fingerprint density at radius 3 is 2.72 bits per heavy atom. The maximum absolute atomic E-state index is 4.75. The molecule has 0 amide bonds. The molecule has 2 aliphatic rings. The summed E-state index contributed by atoms with van der Waals surface area (Å²) in [5.41, 5.74) is 3.95. The van der Waals surface area contributed by atoms with Crippen molar-refractivity contribution in [2.75, 3.05) is 7.05 Å². The van der Waals surface area contributed by atoms with E-state index in [1.54, 1.807) is 0 Å². The van der Waals surface area contributed by atoms with Gasteiger partial charge >= 0.3 is 0 Å². The number of nitrogens with one attached hydrogen (secondary N) is 1. The van der Waals surface area contributed by atoms with Gasteiger partial charge < -0.3 is 5.32 Å². The molecule has 2 aliphatic carbocycles. The minimum Gasteiger partial charge on any atom is -0.316 e. The summed E-state index contributed by atoms with van der Waals surface area (Å²) >= 11 is 0. The van der Waals surface area contributed by atoms with Crippen LogP contribution in [0.25, 0.3) is 0 Å². The SMILES string of the molecule is CNCc1c(C)nn(CC2CC3CCC2C3)c1C. The molecule has 0 spiro atoms. The minimum absolute atomic E-state index is 0.893. The highest BCUT2D eigenvalue weighted by atomic mass is 15.3. The van der Waals surface area contributed by atoms with E-state index in [4.69, 9.17) is 5.10 Å². The van der Waals surface area contributed by atoms with Gasteiger partial charge in [0.05, 0.1) is 5.69 Å². The van der Waals surface area contributed by atoms with Gasteiger partial charge in [0.15, 0.2) is 0 Å². The first-order valence-corrected chi connectivity index (χ1v) is 7.36. The molecule has 2 fully saturated rings. The van der Waals surface area contributed by atoms with Crippen molar-refractivity contribution in [3.8, 4) is 0 Å².